The zero-order chi connectivity index (χ0) is 13.7. The highest BCUT2D eigenvalue weighted by Crippen LogP contribution is 2.15. The van der Waals surface area contributed by atoms with Gasteiger partial charge in [0.25, 0.3) is 0 Å². The maximum atomic E-state index is 12.0. The van der Waals surface area contributed by atoms with Gasteiger partial charge in [0.15, 0.2) is 0 Å². The van der Waals surface area contributed by atoms with Crippen molar-refractivity contribution >= 4 is 11.6 Å². The molecule has 0 bridgehead atoms. The number of rotatable bonds is 4. The molecule has 0 aliphatic rings. The third-order valence-corrected chi connectivity index (χ3v) is 2.83. The smallest absolute Gasteiger partial charge is 0.227 e. The van der Waals surface area contributed by atoms with Crippen molar-refractivity contribution in [2.45, 2.75) is 6.42 Å². The van der Waals surface area contributed by atoms with Crippen LogP contribution in [0.3, 0.4) is 0 Å². The molecule has 2 aromatic carbocycles. The summed E-state index contributed by atoms with van der Waals surface area (Å²) >= 11 is 0. The molecule has 1 atom stereocenters. The van der Waals surface area contributed by atoms with Crippen LogP contribution >= 0.6 is 0 Å². The number of carbonyl (C=O) groups is 1. The first kappa shape index (κ1) is 13.1. The predicted molar refractivity (Wildman–Crippen MR) is 75.7 cm³/mol. The average Bonchev–Trinajstić information content (AvgIpc) is 2.42. The quantitative estimate of drug-likeness (QED) is 0.824. The Hall–Kier alpha value is -2.29. The van der Waals surface area contributed by atoms with Crippen LogP contribution in [0.25, 0.3) is 0 Å². The van der Waals surface area contributed by atoms with Crippen LogP contribution in [0.2, 0.25) is 0 Å². The van der Waals surface area contributed by atoms with Crippen LogP contribution in [0.1, 0.15) is 5.56 Å². The highest BCUT2D eigenvalue weighted by Gasteiger charge is 2.13. The lowest BCUT2D eigenvalue weighted by molar-refractivity contribution is -0.118. The molecule has 19 heavy (non-hydrogen) atoms. The highest BCUT2D eigenvalue weighted by atomic mass is 16.3. The van der Waals surface area contributed by atoms with Crippen molar-refractivity contribution in [3.8, 4) is 5.75 Å². The SMILES string of the molecule is [CH2][C@@H](Cc1ccccc1)C(=O)Nc1ccc(O)cc1. The fourth-order valence-corrected chi connectivity index (χ4v) is 1.78. The van der Waals surface area contributed by atoms with Crippen LogP contribution in [-0.2, 0) is 11.2 Å². The van der Waals surface area contributed by atoms with Crippen molar-refractivity contribution in [2.75, 3.05) is 5.32 Å². The molecule has 2 rings (SSSR count). The van der Waals surface area contributed by atoms with E-state index in [1.54, 1.807) is 12.1 Å². The number of phenolic OH excluding ortho intramolecular Hbond substituents is 1. The maximum Gasteiger partial charge on any atom is 0.227 e. The van der Waals surface area contributed by atoms with Gasteiger partial charge in [-0.3, -0.25) is 4.79 Å². The van der Waals surface area contributed by atoms with E-state index in [1.165, 1.54) is 12.1 Å². The number of carbonyl (C=O) groups excluding carboxylic acids is 1. The Kier molecular flexibility index (Phi) is 4.18. The number of benzene rings is 2. The molecule has 0 saturated heterocycles. The van der Waals surface area contributed by atoms with Crippen LogP contribution in [0.15, 0.2) is 54.6 Å². The zero-order valence-electron chi connectivity index (χ0n) is 10.5. The van der Waals surface area contributed by atoms with E-state index in [0.717, 1.165) is 5.56 Å². The van der Waals surface area contributed by atoms with E-state index in [0.29, 0.717) is 12.1 Å². The zero-order valence-corrected chi connectivity index (χ0v) is 10.5. The van der Waals surface area contributed by atoms with Gasteiger partial charge in [0, 0.05) is 11.6 Å². The van der Waals surface area contributed by atoms with Gasteiger partial charge in [0.05, 0.1) is 0 Å². The Morgan fingerprint density at radius 1 is 1.11 bits per heavy atom. The summed E-state index contributed by atoms with van der Waals surface area (Å²) in [5, 5.41) is 11.9. The number of aromatic hydroxyl groups is 1. The summed E-state index contributed by atoms with van der Waals surface area (Å²) < 4.78 is 0. The first-order valence-corrected chi connectivity index (χ1v) is 6.12. The predicted octanol–water partition coefficient (Wildman–Crippen LogP) is 3.02. The summed E-state index contributed by atoms with van der Waals surface area (Å²) in [6.07, 6.45) is 0.602. The van der Waals surface area contributed by atoms with Gasteiger partial charge in [0.2, 0.25) is 5.91 Å². The lowest BCUT2D eigenvalue weighted by Crippen LogP contribution is -2.22. The van der Waals surface area contributed by atoms with Gasteiger partial charge in [-0.1, -0.05) is 30.3 Å². The number of anilines is 1. The molecule has 1 radical (unpaired) electrons. The molecule has 3 heteroatoms. The number of hydrogen-bond donors (Lipinski definition) is 2. The van der Waals surface area contributed by atoms with Crippen LogP contribution in [-0.4, -0.2) is 11.0 Å². The molecule has 0 heterocycles. The summed E-state index contributed by atoms with van der Waals surface area (Å²) in [7, 11) is 0. The Balaban J connectivity index is 1.94. The number of nitrogens with one attached hydrogen (secondary N) is 1. The molecule has 2 aromatic rings. The molecule has 2 N–H and O–H groups in total. The average molecular weight is 254 g/mol. The highest BCUT2D eigenvalue weighted by molar-refractivity contribution is 5.93. The lowest BCUT2D eigenvalue weighted by atomic mass is 10.0. The first-order chi connectivity index (χ1) is 9.15. The van der Waals surface area contributed by atoms with Crippen LogP contribution in [0.5, 0.6) is 5.75 Å². The summed E-state index contributed by atoms with van der Waals surface area (Å²) in [6.45, 7) is 3.89. The van der Waals surface area contributed by atoms with Gasteiger partial charge < -0.3 is 10.4 Å². The van der Waals surface area contributed by atoms with E-state index >= 15 is 0 Å². The molecule has 97 valence electrons. The molecule has 0 unspecified atom stereocenters. The van der Waals surface area contributed by atoms with Gasteiger partial charge in [0.1, 0.15) is 5.75 Å². The molecule has 0 spiro atoms. The number of hydrogen-bond acceptors (Lipinski definition) is 2. The molecule has 0 saturated carbocycles. The van der Waals surface area contributed by atoms with E-state index < -0.39 is 0 Å². The van der Waals surface area contributed by atoms with Crippen molar-refractivity contribution in [3.05, 3.63) is 67.1 Å². The van der Waals surface area contributed by atoms with Crippen molar-refractivity contribution < 1.29 is 9.90 Å². The fraction of sp³-hybridized carbons (Fsp3) is 0.125. The Morgan fingerprint density at radius 2 is 1.74 bits per heavy atom. The molecule has 0 aliphatic carbocycles. The van der Waals surface area contributed by atoms with E-state index in [2.05, 4.69) is 12.2 Å². The lowest BCUT2D eigenvalue weighted by Gasteiger charge is -2.12. The summed E-state index contributed by atoms with van der Waals surface area (Å²) in [6, 6.07) is 16.2. The van der Waals surface area contributed by atoms with Crippen molar-refractivity contribution in [1.29, 1.82) is 0 Å². The van der Waals surface area contributed by atoms with Gasteiger partial charge in [-0.25, -0.2) is 0 Å². The van der Waals surface area contributed by atoms with Crippen molar-refractivity contribution in [2.24, 2.45) is 5.92 Å². The van der Waals surface area contributed by atoms with Gasteiger partial charge in [-0.2, -0.15) is 0 Å². The second kappa shape index (κ2) is 6.05. The Labute approximate surface area is 112 Å². The number of phenols is 1. The standard InChI is InChI=1S/C16H16NO2/c1-12(11-13-5-3-2-4-6-13)16(19)17-14-7-9-15(18)10-8-14/h2-10,12,18H,1,11H2,(H,17,19)/t12-/m0/s1. The minimum atomic E-state index is -0.351. The molecular formula is C16H16NO2. The van der Waals surface area contributed by atoms with Gasteiger partial charge in [-0.15, -0.1) is 0 Å². The first-order valence-electron chi connectivity index (χ1n) is 6.12. The third kappa shape index (κ3) is 3.85. The molecular weight excluding hydrogens is 238 g/mol. The maximum absolute atomic E-state index is 12.0. The second-order valence-corrected chi connectivity index (χ2v) is 4.42. The fourth-order valence-electron chi connectivity index (χ4n) is 1.78. The van der Waals surface area contributed by atoms with E-state index in [1.807, 2.05) is 30.3 Å². The molecule has 0 fully saturated rings. The van der Waals surface area contributed by atoms with Crippen molar-refractivity contribution in [3.63, 3.8) is 0 Å². The number of amides is 1. The molecule has 0 aromatic heterocycles. The summed E-state index contributed by atoms with van der Waals surface area (Å²) in [4.78, 5) is 12.0. The second-order valence-electron chi connectivity index (χ2n) is 4.42. The molecule has 0 aliphatic heterocycles. The van der Waals surface area contributed by atoms with Crippen LogP contribution in [0, 0.1) is 12.8 Å². The topological polar surface area (TPSA) is 49.3 Å². The largest absolute Gasteiger partial charge is 0.508 e. The normalized spacial score (nSPS) is 11.8. The molecule has 3 nitrogen and oxygen atoms in total. The minimum Gasteiger partial charge on any atom is -0.508 e. The minimum absolute atomic E-state index is 0.130. The van der Waals surface area contributed by atoms with E-state index in [-0.39, 0.29) is 17.6 Å². The van der Waals surface area contributed by atoms with Crippen LogP contribution < -0.4 is 5.32 Å². The third-order valence-electron chi connectivity index (χ3n) is 2.83. The van der Waals surface area contributed by atoms with Crippen molar-refractivity contribution in [1.82, 2.24) is 0 Å². The van der Waals surface area contributed by atoms with Gasteiger partial charge >= 0.3 is 0 Å². The van der Waals surface area contributed by atoms with E-state index in [9.17, 15) is 4.79 Å². The van der Waals surface area contributed by atoms with E-state index in [4.69, 9.17) is 5.11 Å². The Morgan fingerprint density at radius 3 is 2.37 bits per heavy atom. The van der Waals surface area contributed by atoms with Crippen LogP contribution in [0.4, 0.5) is 5.69 Å². The summed E-state index contributed by atoms with van der Waals surface area (Å²) in [5.41, 5.74) is 1.74. The molecule has 1 amide bonds. The Bertz CT molecular complexity index is 534. The summed E-state index contributed by atoms with van der Waals surface area (Å²) in [5.74, 6) is -0.306. The van der Waals surface area contributed by atoms with Gasteiger partial charge in [-0.05, 0) is 43.2 Å². The monoisotopic (exact) mass is 254 g/mol.